The minimum absolute atomic E-state index is 0.226. The number of pyridine rings is 1. The Labute approximate surface area is 189 Å². The molecule has 0 aliphatic heterocycles. The van der Waals surface area contributed by atoms with Gasteiger partial charge in [-0.1, -0.05) is 23.7 Å². The second-order valence-electron chi connectivity index (χ2n) is 7.00. The molecule has 1 amide bonds. The second kappa shape index (κ2) is 9.15. The molecule has 8 nitrogen and oxygen atoms in total. The molecule has 4 rings (SSSR count). The van der Waals surface area contributed by atoms with Gasteiger partial charge < -0.3 is 24.4 Å². The lowest BCUT2D eigenvalue weighted by atomic mass is 10.2. The van der Waals surface area contributed by atoms with Gasteiger partial charge in [0.15, 0.2) is 5.69 Å². The molecule has 0 saturated carbocycles. The van der Waals surface area contributed by atoms with Gasteiger partial charge in [-0.05, 0) is 36.8 Å². The van der Waals surface area contributed by atoms with Crippen molar-refractivity contribution in [3.05, 3.63) is 77.0 Å². The fourth-order valence-electron chi connectivity index (χ4n) is 3.45. The second-order valence-corrected chi connectivity index (χ2v) is 7.44. The van der Waals surface area contributed by atoms with Crippen LogP contribution >= 0.6 is 11.6 Å². The van der Waals surface area contributed by atoms with Gasteiger partial charge in [0, 0.05) is 23.5 Å². The molecule has 9 heteroatoms. The maximum Gasteiger partial charge on any atom is 0.356 e. The molecule has 0 spiro atoms. The number of esters is 1. The summed E-state index contributed by atoms with van der Waals surface area (Å²) in [6, 6.07) is 10.9. The summed E-state index contributed by atoms with van der Waals surface area (Å²) in [6.07, 6.45) is 4.43. The van der Waals surface area contributed by atoms with Gasteiger partial charge in [0.2, 0.25) is 0 Å². The highest BCUT2D eigenvalue weighted by Crippen LogP contribution is 2.33. The van der Waals surface area contributed by atoms with Crippen LogP contribution in [0.2, 0.25) is 5.02 Å². The van der Waals surface area contributed by atoms with E-state index >= 15 is 0 Å². The molecule has 0 aliphatic carbocycles. The first-order valence-electron chi connectivity index (χ1n) is 9.94. The van der Waals surface area contributed by atoms with E-state index < -0.39 is 11.9 Å². The van der Waals surface area contributed by atoms with Gasteiger partial charge in [0.05, 0.1) is 36.5 Å². The van der Waals surface area contributed by atoms with Crippen molar-refractivity contribution >= 4 is 45.9 Å². The molecule has 0 atom stereocenters. The number of nitrogens with one attached hydrogen (secondary N) is 2. The Bertz CT molecular complexity index is 1260. The molecule has 32 heavy (non-hydrogen) atoms. The molecule has 4 aromatic rings. The highest BCUT2D eigenvalue weighted by molar-refractivity contribution is 6.30. The fourth-order valence-corrected chi connectivity index (χ4v) is 3.58. The maximum atomic E-state index is 12.7. The van der Waals surface area contributed by atoms with Crippen molar-refractivity contribution in [1.82, 2.24) is 9.55 Å². The average Bonchev–Trinajstić information content (AvgIpc) is 3.45. The van der Waals surface area contributed by atoms with Crippen molar-refractivity contribution in [1.29, 1.82) is 0 Å². The lowest BCUT2D eigenvalue weighted by Crippen LogP contribution is -2.16. The molecule has 0 bridgehead atoms. The van der Waals surface area contributed by atoms with E-state index in [9.17, 15) is 9.59 Å². The number of carbonyl (C=O) groups excluding carboxylic acids is 2. The number of benzene rings is 1. The molecule has 1 aromatic carbocycles. The highest BCUT2D eigenvalue weighted by Gasteiger charge is 2.26. The number of hydrogen-bond acceptors (Lipinski definition) is 6. The number of aryl methyl sites for hydroxylation is 1. The average molecular weight is 453 g/mol. The van der Waals surface area contributed by atoms with Crippen molar-refractivity contribution in [3.63, 3.8) is 0 Å². The van der Waals surface area contributed by atoms with Crippen LogP contribution in [0.1, 0.15) is 33.3 Å². The zero-order valence-corrected chi connectivity index (χ0v) is 18.3. The summed E-state index contributed by atoms with van der Waals surface area (Å²) in [5, 5.41) is 7.43. The quantitative estimate of drug-likeness (QED) is 0.385. The molecule has 3 heterocycles. The molecular formula is C23H21ClN4O4. The molecule has 0 radical (unpaired) electrons. The summed E-state index contributed by atoms with van der Waals surface area (Å²) in [5.41, 5.74) is 3.24. The first-order chi connectivity index (χ1) is 15.5. The number of nitrogens with zero attached hydrogens (tertiary/aromatic N) is 2. The smallest absolute Gasteiger partial charge is 0.356 e. The van der Waals surface area contributed by atoms with Crippen molar-refractivity contribution in [3.8, 4) is 0 Å². The normalized spacial score (nSPS) is 10.8. The standard InChI is InChI=1S/C23H21ClN4O4/c1-3-28-20(23(30)31-2)19(27-22(29)15-8-9-32-13-15)18-10-17(12-26-21(18)28)25-11-14-4-6-16(24)7-5-14/h4-10,12-13,25H,3,11H2,1-2H3,(H,27,29). The Morgan fingerprint density at radius 2 is 2.00 bits per heavy atom. The SMILES string of the molecule is CCn1c(C(=O)OC)c(NC(=O)c2ccoc2)c2cc(NCc3ccc(Cl)cc3)cnc21. The number of amides is 1. The minimum Gasteiger partial charge on any atom is -0.472 e. The molecule has 0 aliphatic rings. The van der Waals surface area contributed by atoms with Crippen molar-refractivity contribution in [2.24, 2.45) is 0 Å². The third-order valence-corrected chi connectivity index (χ3v) is 5.28. The summed E-state index contributed by atoms with van der Waals surface area (Å²) in [5.74, 6) is -0.971. The number of halogens is 1. The number of aromatic nitrogens is 2. The van der Waals surface area contributed by atoms with Gasteiger partial charge in [0.1, 0.15) is 11.9 Å². The Morgan fingerprint density at radius 1 is 1.22 bits per heavy atom. The number of carbonyl (C=O) groups is 2. The Balaban J connectivity index is 1.74. The van der Waals surface area contributed by atoms with Crippen molar-refractivity contribution in [2.75, 3.05) is 17.7 Å². The van der Waals surface area contributed by atoms with E-state index in [0.29, 0.717) is 40.4 Å². The Morgan fingerprint density at radius 3 is 2.66 bits per heavy atom. The highest BCUT2D eigenvalue weighted by atomic mass is 35.5. The summed E-state index contributed by atoms with van der Waals surface area (Å²) in [6.45, 7) is 2.91. The Kier molecular flexibility index (Phi) is 6.13. The maximum absolute atomic E-state index is 12.7. The first kappa shape index (κ1) is 21.5. The van der Waals surface area contributed by atoms with Gasteiger partial charge in [0.25, 0.3) is 5.91 Å². The molecule has 164 valence electrons. The number of methoxy groups -OCH3 is 1. The first-order valence-corrected chi connectivity index (χ1v) is 10.3. The van der Waals surface area contributed by atoms with Gasteiger partial charge in [-0.3, -0.25) is 4.79 Å². The van der Waals surface area contributed by atoms with Crippen LogP contribution in [0.5, 0.6) is 0 Å². The fraction of sp³-hybridized carbons (Fsp3) is 0.174. The van der Waals surface area contributed by atoms with Gasteiger partial charge in [-0.15, -0.1) is 0 Å². The number of fused-ring (bicyclic) bond motifs is 1. The van der Waals surface area contributed by atoms with E-state index in [1.807, 2.05) is 37.3 Å². The van der Waals surface area contributed by atoms with Crippen LogP contribution in [0, 0.1) is 0 Å². The van der Waals surface area contributed by atoms with Crippen LogP contribution in [-0.4, -0.2) is 28.5 Å². The predicted molar refractivity (Wildman–Crippen MR) is 122 cm³/mol. The number of hydrogen-bond donors (Lipinski definition) is 2. The predicted octanol–water partition coefficient (Wildman–Crippen LogP) is 4.95. The van der Waals surface area contributed by atoms with Crippen LogP contribution in [-0.2, 0) is 17.8 Å². The number of furan rings is 1. The summed E-state index contributed by atoms with van der Waals surface area (Å²) in [7, 11) is 1.30. The third-order valence-electron chi connectivity index (χ3n) is 5.03. The monoisotopic (exact) mass is 452 g/mol. The molecular weight excluding hydrogens is 432 g/mol. The Hall–Kier alpha value is -3.78. The summed E-state index contributed by atoms with van der Waals surface area (Å²) in [4.78, 5) is 29.9. The van der Waals surface area contributed by atoms with Gasteiger partial charge >= 0.3 is 5.97 Å². The molecule has 2 N–H and O–H groups in total. The van der Waals surface area contributed by atoms with E-state index in [0.717, 1.165) is 11.3 Å². The minimum atomic E-state index is -0.567. The lowest BCUT2D eigenvalue weighted by molar-refractivity contribution is 0.0590. The largest absolute Gasteiger partial charge is 0.472 e. The lowest BCUT2D eigenvalue weighted by Gasteiger charge is -2.08. The van der Waals surface area contributed by atoms with Gasteiger partial charge in [-0.25, -0.2) is 9.78 Å². The van der Waals surface area contributed by atoms with Crippen LogP contribution < -0.4 is 10.6 Å². The topological polar surface area (TPSA) is 98.4 Å². The number of anilines is 2. The zero-order chi connectivity index (χ0) is 22.7. The molecule has 0 unspecified atom stereocenters. The van der Waals surface area contributed by atoms with E-state index in [-0.39, 0.29) is 5.69 Å². The van der Waals surface area contributed by atoms with Crippen molar-refractivity contribution in [2.45, 2.75) is 20.0 Å². The third kappa shape index (κ3) is 4.17. The van der Waals surface area contributed by atoms with Crippen LogP contribution in [0.15, 0.2) is 59.5 Å². The van der Waals surface area contributed by atoms with E-state index in [4.69, 9.17) is 20.8 Å². The summed E-state index contributed by atoms with van der Waals surface area (Å²) >= 11 is 5.95. The van der Waals surface area contributed by atoms with Crippen LogP contribution in [0.25, 0.3) is 11.0 Å². The zero-order valence-electron chi connectivity index (χ0n) is 17.5. The summed E-state index contributed by atoms with van der Waals surface area (Å²) < 4.78 is 11.7. The molecule has 0 fully saturated rings. The number of ether oxygens (including phenoxy) is 1. The van der Waals surface area contributed by atoms with E-state index in [1.165, 1.54) is 19.6 Å². The van der Waals surface area contributed by atoms with E-state index in [2.05, 4.69) is 15.6 Å². The van der Waals surface area contributed by atoms with Crippen LogP contribution in [0.4, 0.5) is 11.4 Å². The van der Waals surface area contributed by atoms with Gasteiger partial charge in [-0.2, -0.15) is 0 Å². The molecule has 0 saturated heterocycles. The number of rotatable bonds is 7. The van der Waals surface area contributed by atoms with E-state index in [1.54, 1.807) is 16.8 Å². The van der Waals surface area contributed by atoms with Crippen molar-refractivity contribution < 1.29 is 18.7 Å². The molecule has 3 aromatic heterocycles. The van der Waals surface area contributed by atoms with Crippen LogP contribution in [0.3, 0.4) is 0 Å².